The van der Waals surface area contributed by atoms with Crippen LogP contribution in [0.15, 0.2) is 33.9 Å². The van der Waals surface area contributed by atoms with Gasteiger partial charge in [0.05, 0.1) is 12.6 Å². The molecule has 134 valence electrons. The summed E-state index contributed by atoms with van der Waals surface area (Å²) < 4.78 is 6.43. The maximum Gasteiger partial charge on any atom is 0.355 e. The van der Waals surface area contributed by atoms with Gasteiger partial charge in [0.1, 0.15) is 0 Å². The maximum absolute atomic E-state index is 12.3. The number of hydrogen-bond acceptors (Lipinski definition) is 6. The number of nitrogens with zero attached hydrogens (tertiary/aromatic N) is 2. The van der Waals surface area contributed by atoms with Crippen molar-refractivity contribution < 1.29 is 9.84 Å². The number of aliphatic hydroxyl groups is 1. The van der Waals surface area contributed by atoms with Crippen molar-refractivity contribution in [1.29, 1.82) is 0 Å². The summed E-state index contributed by atoms with van der Waals surface area (Å²) >= 11 is 0. The molecule has 1 aliphatic rings. The minimum absolute atomic E-state index is 0.0858. The molecule has 1 fully saturated rings. The highest BCUT2D eigenvalue weighted by Crippen LogP contribution is 2.21. The van der Waals surface area contributed by atoms with E-state index in [4.69, 9.17) is 4.74 Å². The van der Waals surface area contributed by atoms with Crippen molar-refractivity contribution in [1.82, 2.24) is 14.5 Å². The zero-order valence-corrected chi connectivity index (χ0v) is 14.1. The predicted octanol–water partition coefficient (Wildman–Crippen LogP) is 0.948. The Morgan fingerprint density at radius 3 is 2.76 bits per heavy atom. The molecule has 3 N–H and O–H groups in total. The molecule has 0 spiro atoms. The van der Waals surface area contributed by atoms with Crippen LogP contribution in [-0.4, -0.2) is 32.9 Å². The molecule has 0 saturated carbocycles. The van der Waals surface area contributed by atoms with E-state index in [2.05, 4.69) is 15.3 Å². The van der Waals surface area contributed by atoms with Crippen LogP contribution in [0.4, 0.5) is 5.95 Å². The van der Waals surface area contributed by atoms with Crippen LogP contribution in [0.5, 0.6) is 0 Å². The first-order valence-corrected chi connectivity index (χ1v) is 8.36. The molecule has 0 aliphatic carbocycles. The molecule has 8 nitrogen and oxygen atoms in total. The van der Waals surface area contributed by atoms with Crippen molar-refractivity contribution in [2.24, 2.45) is 0 Å². The molecule has 1 atom stereocenters. The van der Waals surface area contributed by atoms with Crippen LogP contribution < -0.4 is 16.7 Å². The fraction of sp³-hybridized carbons (Fsp3) is 0.471. The molecule has 2 heterocycles. The van der Waals surface area contributed by atoms with Crippen LogP contribution in [0.25, 0.3) is 0 Å². The monoisotopic (exact) mass is 346 g/mol. The van der Waals surface area contributed by atoms with E-state index >= 15 is 0 Å². The third-order valence-corrected chi connectivity index (χ3v) is 4.46. The summed E-state index contributed by atoms with van der Waals surface area (Å²) in [6.07, 6.45) is 1.25. The van der Waals surface area contributed by atoms with Crippen molar-refractivity contribution in [2.75, 3.05) is 18.5 Å². The highest BCUT2D eigenvalue weighted by Gasteiger charge is 2.20. The molecule has 3 rings (SSSR count). The zero-order chi connectivity index (χ0) is 17.8. The minimum atomic E-state index is -0.569. The van der Waals surface area contributed by atoms with E-state index in [-0.39, 0.29) is 24.6 Å². The second-order valence-corrected chi connectivity index (χ2v) is 6.11. The number of H-pyrrole nitrogens is 1. The Hall–Kier alpha value is -2.45. The van der Waals surface area contributed by atoms with Gasteiger partial charge in [0.15, 0.2) is 0 Å². The van der Waals surface area contributed by atoms with E-state index < -0.39 is 11.4 Å². The highest BCUT2D eigenvalue weighted by molar-refractivity contribution is 5.35. The van der Waals surface area contributed by atoms with Gasteiger partial charge in [-0.2, -0.15) is 4.98 Å². The quantitative estimate of drug-likeness (QED) is 0.744. The molecule has 0 amide bonds. The number of nitrogens with one attached hydrogen (secondary N) is 2. The lowest BCUT2D eigenvalue weighted by molar-refractivity contribution is 0.0670. The van der Waals surface area contributed by atoms with Gasteiger partial charge in [-0.05, 0) is 30.9 Å². The molecule has 1 aromatic heterocycles. The molecule has 1 aromatic carbocycles. The summed E-state index contributed by atoms with van der Waals surface area (Å²) in [5.74, 6) is 0.124. The Balaban J connectivity index is 1.84. The molecule has 2 aromatic rings. The number of aliphatic hydroxyl groups excluding tert-OH is 1. The van der Waals surface area contributed by atoms with Crippen LogP contribution >= 0.6 is 0 Å². The lowest BCUT2D eigenvalue weighted by Gasteiger charge is -2.23. The van der Waals surface area contributed by atoms with E-state index in [1.165, 1.54) is 4.57 Å². The minimum Gasteiger partial charge on any atom is -0.392 e. The van der Waals surface area contributed by atoms with Crippen molar-refractivity contribution in [3.8, 4) is 0 Å². The number of rotatable bonds is 5. The highest BCUT2D eigenvalue weighted by atomic mass is 16.5. The molecule has 25 heavy (non-hydrogen) atoms. The topological polar surface area (TPSA) is 109 Å². The second-order valence-electron chi connectivity index (χ2n) is 6.11. The lowest BCUT2D eigenvalue weighted by atomic mass is 10.0. The summed E-state index contributed by atoms with van der Waals surface area (Å²) in [5, 5.41) is 12.5. The van der Waals surface area contributed by atoms with Gasteiger partial charge in [-0.15, -0.1) is 0 Å². The van der Waals surface area contributed by atoms with Crippen molar-refractivity contribution in [3.05, 3.63) is 56.4 Å². The molecule has 8 heteroatoms. The molecule has 0 radical (unpaired) electrons. The van der Waals surface area contributed by atoms with Gasteiger partial charge in [0.25, 0.3) is 0 Å². The summed E-state index contributed by atoms with van der Waals surface area (Å²) in [6, 6.07) is 7.00. The van der Waals surface area contributed by atoms with Gasteiger partial charge in [0.2, 0.25) is 5.95 Å². The summed E-state index contributed by atoms with van der Waals surface area (Å²) in [4.78, 5) is 31.3. The fourth-order valence-electron chi connectivity index (χ4n) is 3.14. The van der Waals surface area contributed by atoms with Gasteiger partial charge in [0, 0.05) is 19.3 Å². The van der Waals surface area contributed by atoms with Gasteiger partial charge in [-0.3, -0.25) is 4.98 Å². The summed E-state index contributed by atoms with van der Waals surface area (Å²) in [6.45, 7) is 2.85. The molecular formula is C17H22N4O4. The Morgan fingerprint density at radius 2 is 2.08 bits per heavy atom. The van der Waals surface area contributed by atoms with E-state index in [0.29, 0.717) is 26.1 Å². The van der Waals surface area contributed by atoms with Crippen LogP contribution in [-0.2, 0) is 11.3 Å². The molecule has 1 aliphatic heterocycles. The van der Waals surface area contributed by atoms with Gasteiger partial charge < -0.3 is 15.2 Å². The van der Waals surface area contributed by atoms with Gasteiger partial charge in [-0.25, -0.2) is 14.2 Å². The first-order chi connectivity index (χ1) is 12.1. The Morgan fingerprint density at radius 1 is 1.36 bits per heavy atom. The summed E-state index contributed by atoms with van der Waals surface area (Å²) in [7, 11) is 0. The van der Waals surface area contributed by atoms with E-state index in [1.807, 2.05) is 31.2 Å². The maximum atomic E-state index is 12.3. The second kappa shape index (κ2) is 7.62. The molecular weight excluding hydrogens is 324 g/mol. The number of anilines is 1. The van der Waals surface area contributed by atoms with Crippen LogP contribution in [0, 0.1) is 0 Å². The number of ether oxygens (including phenoxy) is 1. The summed E-state index contributed by atoms with van der Waals surface area (Å²) in [5.41, 5.74) is 0.611. The first-order valence-electron chi connectivity index (χ1n) is 8.36. The third-order valence-electron chi connectivity index (χ3n) is 4.46. The molecule has 0 bridgehead atoms. The fourth-order valence-corrected chi connectivity index (χ4v) is 3.14. The Bertz CT molecular complexity index is 808. The normalized spacial score (nSPS) is 16.6. The average Bonchev–Trinajstić information content (AvgIpc) is 2.62. The van der Waals surface area contributed by atoms with E-state index in [0.717, 1.165) is 11.1 Å². The van der Waals surface area contributed by atoms with Crippen LogP contribution in [0.2, 0.25) is 0 Å². The number of benzene rings is 1. The number of aromatic nitrogens is 3. The van der Waals surface area contributed by atoms with Crippen molar-refractivity contribution in [2.45, 2.75) is 38.5 Å². The van der Waals surface area contributed by atoms with Crippen molar-refractivity contribution >= 4 is 5.95 Å². The van der Waals surface area contributed by atoms with Gasteiger partial charge in [-0.1, -0.05) is 24.3 Å². The predicted molar refractivity (Wildman–Crippen MR) is 92.6 cm³/mol. The van der Waals surface area contributed by atoms with Gasteiger partial charge >= 0.3 is 11.4 Å². The first kappa shape index (κ1) is 17.4. The van der Waals surface area contributed by atoms with Crippen molar-refractivity contribution in [3.63, 3.8) is 0 Å². The SMILES string of the molecule is CC(Nc1nc(=O)n(C2CCOCC2)c(=O)[nH]1)c1ccccc1CO. The largest absolute Gasteiger partial charge is 0.392 e. The third kappa shape index (κ3) is 3.80. The number of hydrogen-bond donors (Lipinski definition) is 3. The molecule has 1 unspecified atom stereocenters. The number of aromatic amines is 1. The van der Waals surface area contributed by atoms with E-state index in [9.17, 15) is 14.7 Å². The van der Waals surface area contributed by atoms with Crippen LogP contribution in [0.3, 0.4) is 0 Å². The smallest absolute Gasteiger partial charge is 0.355 e. The standard InChI is InChI=1S/C17H22N4O4/c1-11(14-5-3-2-4-12(14)10-22)18-15-19-16(23)21(17(24)20-15)13-6-8-25-9-7-13/h2-5,11,13,22H,6-10H2,1H3,(H2,18,19,20,23,24). The zero-order valence-electron chi connectivity index (χ0n) is 14.1. The average molecular weight is 346 g/mol. The lowest BCUT2D eigenvalue weighted by Crippen LogP contribution is -2.42. The van der Waals surface area contributed by atoms with E-state index in [1.54, 1.807) is 0 Å². The molecule has 1 saturated heterocycles. The van der Waals surface area contributed by atoms with Crippen LogP contribution in [0.1, 0.15) is 43.0 Å². The Labute approximate surface area is 144 Å². The Kier molecular flexibility index (Phi) is 5.30.